The molecule has 0 heterocycles. The van der Waals surface area contributed by atoms with E-state index in [0.29, 0.717) is 17.9 Å². The van der Waals surface area contributed by atoms with Crippen LogP contribution in [-0.4, -0.2) is 13.2 Å². The maximum absolute atomic E-state index is 9.96. The quantitative estimate of drug-likeness (QED) is 0.483. The largest absolute Gasteiger partial charge is 0.426 e. The summed E-state index contributed by atoms with van der Waals surface area (Å²) in [5.41, 5.74) is 0.569. The minimum absolute atomic E-state index is 0.365. The Morgan fingerprint density at radius 1 is 1.45 bits per heavy atom. The number of ether oxygens (including phenoxy) is 1. The van der Waals surface area contributed by atoms with Gasteiger partial charge in [-0.15, -0.1) is 0 Å². The van der Waals surface area contributed by atoms with E-state index in [2.05, 4.69) is 16.4 Å². The topological polar surface area (TPSA) is 38.7 Å². The predicted octanol–water partition coefficient (Wildman–Crippen LogP) is 1.55. The number of benzene rings is 1. The summed E-state index contributed by atoms with van der Waals surface area (Å²) >= 11 is 0. The lowest BCUT2D eigenvalue weighted by Gasteiger charge is -1.99. The van der Waals surface area contributed by atoms with Gasteiger partial charge in [0, 0.05) is 0 Å². The summed E-state index contributed by atoms with van der Waals surface area (Å²) in [7, 11) is 0. The Labute approximate surface area is 64.3 Å². The second-order valence-electron chi connectivity index (χ2n) is 1.84. The molecule has 0 saturated carbocycles. The van der Waals surface area contributed by atoms with E-state index >= 15 is 0 Å². The summed E-state index contributed by atoms with van der Waals surface area (Å²) in [5.74, 6) is 0.428. The predicted molar refractivity (Wildman–Crippen MR) is 42.3 cm³/mol. The van der Waals surface area contributed by atoms with E-state index in [1.165, 1.54) is 0 Å². The molecule has 0 saturated heterocycles. The van der Waals surface area contributed by atoms with Crippen molar-refractivity contribution in [3.8, 4) is 5.75 Å². The van der Waals surface area contributed by atoms with Crippen LogP contribution in [-0.2, 0) is 4.79 Å². The number of hydrogen-bond donors (Lipinski definition) is 0. The second-order valence-corrected chi connectivity index (χ2v) is 1.84. The molecule has 1 rings (SSSR count). The van der Waals surface area contributed by atoms with Crippen LogP contribution in [0.5, 0.6) is 5.75 Å². The average molecular weight is 149 g/mol. The standard InChI is InChI=1S/C8H7NO2/c1-9-7-4-2-3-5-8(7)11-6-10/h2-6H,1H2. The highest BCUT2D eigenvalue weighted by Gasteiger charge is 1.97. The van der Waals surface area contributed by atoms with E-state index in [-0.39, 0.29) is 0 Å². The van der Waals surface area contributed by atoms with Crippen molar-refractivity contribution in [3.05, 3.63) is 24.3 Å². The third kappa shape index (κ3) is 1.64. The Hall–Kier alpha value is -1.64. The maximum Gasteiger partial charge on any atom is 0.298 e. The third-order valence-corrected chi connectivity index (χ3v) is 1.21. The zero-order chi connectivity index (χ0) is 8.10. The molecule has 0 amide bonds. The van der Waals surface area contributed by atoms with E-state index in [9.17, 15) is 4.79 Å². The van der Waals surface area contributed by atoms with Gasteiger partial charge in [-0.05, 0) is 18.9 Å². The van der Waals surface area contributed by atoms with Crippen molar-refractivity contribution >= 4 is 18.9 Å². The molecule has 0 aliphatic rings. The number of hydrogen-bond acceptors (Lipinski definition) is 3. The molecule has 0 fully saturated rings. The lowest BCUT2D eigenvalue weighted by molar-refractivity contribution is -0.120. The molecule has 1 aromatic rings. The average Bonchev–Trinajstić information content (AvgIpc) is 2.06. The Morgan fingerprint density at radius 2 is 2.18 bits per heavy atom. The summed E-state index contributed by atoms with van der Waals surface area (Å²) in [4.78, 5) is 13.6. The highest BCUT2D eigenvalue weighted by molar-refractivity contribution is 5.59. The molecule has 56 valence electrons. The fraction of sp³-hybridized carbons (Fsp3) is 0. The Kier molecular flexibility index (Phi) is 2.38. The van der Waals surface area contributed by atoms with Crippen molar-refractivity contribution in [3.63, 3.8) is 0 Å². The molecule has 0 aliphatic carbocycles. The number of nitrogens with zero attached hydrogens (tertiary/aromatic N) is 1. The Bertz CT molecular complexity index is 271. The molecular weight excluding hydrogens is 142 g/mol. The van der Waals surface area contributed by atoms with E-state index in [4.69, 9.17) is 0 Å². The van der Waals surface area contributed by atoms with E-state index in [1.807, 2.05) is 0 Å². The van der Waals surface area contributed by atoms with E-state index in [1.54, 1.807) is 24.3 Å². The molecule has 3 heteroatoms. The molecule has 0 radical (unpaired) electrons. The van der Waals surface area contributed by atoms with Gasteiger partial charge in [0.1, 0.15) is 5.69 Å². The summed E-state index contributed by atoms with van der Waals surface area (Å²) in [6, 6.07) is 6.92. The van der Waals surface area contributed by atoms with Crippen LogP contribution in [0.3, 0.4) is 0 Å². The molecule has 1 aromatic carbocycles. The third-order valence-electron chi connectivity index (χ3n) is 1.21. The first-order valence-electron chi connectivity index (χ1n) is 3.04. The number of carbonyl (C=O) groups is 1. The molecule has 0 aromatic heterocycles. The highest BCUT2D eigenvalue weighted by atomic mass is 16.5. The minimum Gasteiger partial charge on any atom is -0.426 e. The van der Waals surface area contributed by atoms with Gasteiger partial charge in [-0.25, -0.2) is 0 Å². The van der Waals surface area contributed by atoms with Gasteiger partial charge in [0.15, 0.2) is 5.75 Å². The van der Waals surface area contributed by atoms with Crippen molar-refractivity contribution in [1.82, 2.24) is 0 Å². The van der Waals surface area contributed by atoms with Crippen LogP contribution in [0.25, 0.3) is 0 Å². The van der Waals surface area contributed by atoms with Crippen LogP contribution in [0.4, 0.5) is 5.69 Å². The molecular formula is C8H7NO2. The van der Waals surface area contributed by atoms with Crippen LogP contribution in [0, 0.1) is 0 Å². The van der Waals surface area contributed by atoms with Gasteiger partial charge in [-0.3, -0.25) is 9.79 Å². The molecule has 0 N–H and O–H groups in total. The van der Waals surface area contributed by atoms with Gasteiger partial charge < -0.3 is 4.74 Å². The SMILES string of the molecule is C=Nc1ccccc1OC=O. The normalized spacial score (nSPS) is 8.73. The van der Waals surface area contributed by atoms with Crippen LogP contribution in [0.1, 0.15) is 0 Å². The molecule has 0 bridgehead atoms. The lowest BCUT2D eigenvalue weighted by atomic mass is 10.3. The summed E-state index contributed by atoms with van der Waals surface area (Å²) in [6.07, 6.45) is 0. The smallest absolute Gasteiger partial charge is 0.298 e. The number of carbonyl (C=O) groups excluding carboxylic acids is 1. The van der Waals surface area contributed by atoms with Crippen LogP contribution in [0.2, 0.25) is 0 Å². The number of para-hydroxylation sites is 2. The molecule has 0 unspecified atom stereocenters. The number of rotatable bonds is 3. The van der Waals surface area contributed by atoms with Crippen molar-refractivity contribution in [2.24, 2.45) is 4.99 Å². The Morgan fingerprint density at radius 3 is 2.82 bits per heavy atom. The van der Waals surface area contributed by atoms with Gasteiger partial charge in [0.05, 0.1) is 0 Å². The van der Waals surface area contributed by atoms with E-state index in [0.717, 1.165) is 0 Å². The molecule has 0 spiro atoms. The maximum atomic E-state index is 9.96. The first-order valence-corrected chi connectivity index (χ1v) is 3.04. The zero-order valence-electron chi connectivity index (χ0n) is 5.86. The molecule has 3 nitrogen and oxygen atoms in total. The van der Waals surface area contributed by atoms with Gasteiger partial charge in [0.25, 0.3) is 6.47 Å². The molecule has 0 atom stereocenters. The van der Waals surface area contributed by atoms with Crippen LogP contribution >= 0.6 is 0 Å². The molecule has 0 aliphatic heterocycles. The lowest BCUT2D eigenvalue weighted by Crippen LogP contribution is -1.87. The minimum atomic E-state index is 0.365. The molecule has 11 heavy (non-hydrogen) atoms. The fourth-order valence-electron chi connectivity index (χ4n) is 0.739. The fourth-order valence-corrected chi connectivity index (χ4v) is 0.739. The first-order chi connectivity index (χ1) is 5.38. The monoisotopic (exact) mass is 149 g/mol. The first kappa shape index (κ1) is 7.47. The Balaban J connectivity index is 3.01. The van der Waals surface area contributed by atoms with Crippen molar-refractivity contribution in [1.29, 1.82) is 0 Å². The van der Waals surface area contributed by atoms with Crippen LogP contribution in [0.15, 0.2) is 29.3 Å². The van der Waals surface area contributed by atoms with Gasteiger partial charge in [-0.1, -0.05) is 12.1 Å². The van der Waals surface area contributed by atoms with Crippen LogP contribution < -0.4 is 4.74 Å². The highest BCUT2D eigenvalue weighted by Crippen LogP contribution is 2.25. The summed E-state index contributed by atoms with van der Waals surface area (Å²) < 4.78 is 4.61. The van der Waals surface area contributed by atoms with Gasteiger partial charge in [-0.2, -0.15) is 0 Å². The summed E-state index contributed by atoms with van der Waals surface area (Å²) in [6.45, 7) is 3.69. The van der Waals surface area contributed by atoms with Crippen molar-refractivity contribution < 1.29 is 9.53 Å². The van der Waals surface area contributed by atoms with Gasteiger partial charge >= 0.3 is 0 Å². The summed E-state index contributed by atoms with van der Waals surface area (Å²) in [5, 5.41) is 0. The zero-order valence-corrected chi connectivity index (χ0v) is 5.86. The number of aliphatic imine (C=N–C) groups is 1. The van der Waals surface area contributed by atoms with Gasteiger partial charge in [0.2, 0.25) is 0 Å². The van der Waals surface area contributed by atoms with Crippen molar-refractivity contribution in [2.45, 2.75) is 0 Å². The van der Waals surface area contributed by atoms with Crippen molar-refractivity contribution in [2.75, 3.05) is 0 Å². The van der Waals surface area contributed by atoms with E-state index < -0.39 is 0 Å². The second kappa shape index (κ2) is 3.51.